The Kier molecular flexibility index (Phi) is 12.8. The van der Waals surface area contributed by atoms with Crippen molar-refractivity contribution in [2.24, 2.45) is 16.7 Å². The Morgan fingerprint density at radius 1 is 0.875 bits per heavy atom. The van der Waals surface area contributed by atoms with Crippen molar-refractivity contribution in [1.82, 2.24) is 5.32 Å². The van der Waals surface area contributed by atoms with E-state index < -0.39 is 113 Å². The third-order valence-corrected chi connectivity index (χ3v) is 14.5. The van der Waals surface area contributed by atoms with Gasteiger partial charge in [-0.2, -0.15) is 0 Å². The van der Waals surface area contributed by atoms with Gasteiger partial charge in [-0.05, 0) is 67.1 Å². The first-order valence-electron chi connectivity index (χ1n) is 21.0. The van der Waals surface area contributed by atoms with Crippen LogP contribution in [-0.2, 0) is 42.9 Å². The molecule has 15 nitrogen and oxygen atoms in total. The summed E-state index contributed by atoms with van der Waals surface area (Å²) in [6, 6.07) is 21.6. The minimum Gasteiger partial charge on any atom is -0.456 e. The molecule has 1 aliphatic heterocycles. The first-order chi connectivity index (χ1) is 30.2. The van der Waals surface area contributed by atoms with E-state index in [1.807, 2.05) is 6.26 Å². The molecule has 3 aliphatic carbocycles. The predicted molar refractivity (Wildman–Crippen MR) is 229 cm³/mol. The third kappa shape index (κ3) is 7.82. The van der Waals surface area contributed by atoms with Crippen molar-refractivity contribution in [2.45, 2.75) is 113 Å². The molecule has 2 bridgehead atoms. The molecule has 64 heavy (non-hydrogen) atoms. The summed E-state index contributed by atoms with van der Waals surface area (Å²) in [5.41, 5.74) is -7.05. The monoisotopic (exact) mass is 899 g/mol. The smallest absolute Gasteiger partial charge is 0.338 e. The van der Waals surface area contributed by atoms with Crippen LogP contribution in [0.15, 0.2) is 101 Å². The SMILES string of the molecule is CSc1cccc(C(=O)O[C@H]2[C@@H]3[C@]4(OC(C)=O)CO[C@@H]4C[C@H](O)[C@@]3(C)C(=O)[C@H](OC(C)=O)C3=C(C)[C@@H](OC(=O)[C@H](O)[C@@H](NC(=O)c4ccccc4)c4ccccc4)C[C@]2(O)C3(C)C)c1. The molecule has 3 aromatic rings. The fraction of sp³-hybridized carbons (Fsp3) is 0.458. The van der Waals surface area contributed by atoms with E-state index in [0.29, 0.717) is 10.5 Å². The van der Waals surface area contributed by atoms with Gasteiger partial charge in [0.05, 0.1) is 35.6 Å². The standard InChI is InChI=1S/C48H53NO14S/c1-25-32(61-44(57)37(53)36(28-15-10-8-11-16-28)49-42(55)29-17-12-9-13-18-29)23-48(58)41(62-43(56)30-19-14-20-31(21-30)64-7)39-46(6,33(52)22-34-47(39,24-59-34)63-27(3)51)40(54)38(60-26(2)50)35(25)45(48,4)5/h8-21,32-34,36-39,41,52-53,58H,22-24H2,1-7H3,(H,49,55)/t32-,33-,34+,36-,37+,38+,39-,41-,46+,47-,48+/m0/s1. The van der Waals surface area contributed by atoms with E-state index >= 15 is 4.79 Å². The van der Waals surface area contributed by atoms with E-state index in [9.17, 15) is 39.3 Å². The largest absolute Gasteiger partial charge is 0.456 e. The topological polar surface area (TPSA) is 221 Å². The number of carbonyl (C=O) groups excluding carboxylic acids is 6. The second kappa shape index (κ2) is 17.5. The number of ketones is 1. The normalized spacial score (nSPS) is 31.2. The van der Waals surface area contributed by atoms with E-state index in [4.69, 9.17) is 23.7 Å². The molecule has 340 valence electrons. The van der Waals surface area contributed by atoms with Gasteiger partial charge in [-0.1, -0.05) is 68.4 Å². The number of amides is 1. The molecule has 0 unspecified atom stereocenters. The van der Waals surface area contributed by atoms with Gasteiger partial charge in [-0.3, -0.25) is 19.2 Å². The molecule has 7 rings (SSSR count). The molecule has 0 spiro atoms. The number of thioether (sulfide) groups is 1. The Labute approximate surface area is 374 Å². The second-order valence-corrected chi connectivity index (χ2v) is 18.6. The van der Waals surface area contributed by atoms with Crippen LogP contribution in [-0.4, -0.2) is 112 Å². The van der Waals surface area contributed by atoms with Gasteiger partial charge in [-0.25, -0.2) is 9.59 Å². The molecule has 3 aromatic carbocycles. The van der Waals surface area contributed by atoms with E-state index in [0.717, 1.165) is 13.8 Å². The van der Waals surface area contributed by atoms with Crippen molar-refractivity contribution < 1.29 is 67.8 Å². The average molecular weight is 900 g/mol. The molecular weight excluding hydrogens is 847 g/mol. The summed E-state index contributed by atoms with van der Waals surface area (Å²) in [5, 5.41) is 40.4. The van der Waals surface area contributed by atoms with Crippen molar-refractivity contribution in [1.29, 1.82) is 0 Å². The molecule has 2 saturated carbocycles. The maximum atomic E-state index is 15.6. The lowest BCUT2D eigenvalue weighted by atomic mass is 9.44. The van der Waals surface area contributed by atoms with Crippen LogP contribution in [0.4, 0.5) is 0 Å². The summed E-state index contributed by atoms with van der Waals surface area (Å²) in [4.78, 5) is 84.7. The van der Waals surface area contributed by atoms with E-state index in [-0.39, 0.29) is 35.3 Å². The average Bonchev–Trinajstić information content (AvgIpc) is 3.26. The summed E-state index contributed by atoms with van der Waals surface area (Å²) in [5.74, 6) is -6.85. The molecule has 1 heterocycles. The van der Waals surface area contributed by atoms with Crippen LogP contribution in [0.2, 0.25) is 0 Å². The zero-order valence-corrected chi connectivity index (χ0v) is 37.4. The zero-order chi connectivity index (χ0) is 46.5. The second-order valence-electron chi connectivity index (χ2n) is 17.7. The number of hydrogen-bond acceptors (Lipinski definition) is 15. The Bertz CT molecular complexity index is 2370. The van der Waals surface area contributed by atoms with Crippen molar-refractivity contribution in [3.05, 3.63) is 113 Å². The minimum absolute atomic E-state index is 0.00319. The van der Waals surface area contributed by atoms with Crippen LogP contribution in [0.25, 0.3) is 0 Å². The van der Waals surface area contributed by atoms with Crippen LogP contribution in [0.5, 0.6) is 0 Å². The maximum Gasteiger partial charge on any atom is 0.338 e. The minimum atomic E-state index is -2.40. The molecular formula is C48H53NO14S. The van der Waals surface area contributed by atoms with Crippen LogP contribution in [0.3, 0.4) is 0 Å². The highest BCUT2D eigenvalue weighted by molar-refractivity contribution is 7.98. The highest BCUT2D eigenvalue weighted by Gasteiger charge is 2.78. The van der Waals surface area contributed by atoms with Crippen molar-refractivity contribution in [2.75, 3.05) is 12.9 Å². The fourth-order valence-corrected chi connectivity index (χ4v) is 10.8. The number of benzene rings is 3. The lowest BCUT2D eigenvalue weighted by Crippen LogP contribution is -2.82. The summed E-state index contributed by atoms with van der Waals surface area (Å²) >= 11 is 1.37. The fourth-order valence-electron chi connectivity index (χ4n) is 10.4. The van der Waals surface area contributed by atoms with Gasteiger partial charge in [0.2, 0.25) is 0 Å². The molecule has 1 saturated heterocycles. The number of carbonyl (C=O) groups is 6. The molecule has 4 N–H and O–H groups in total. The van der Waals surface area contributed by atoms with Crippen molar-refractivity contribution >= 4 is 47.3 Å². The van der Waals surface area contributed by atoms with Gasteiger partial charge >= 0.3 is 23.9 Å². The first-order valence-corrected chi connectivity index (χ1v) is 22.2. The number of hydrogen-bond donors (Lipinski definition) is 4. The highest BCUT2D eigenvalue weighted by Crippen LogP contribution is 2.64. The number of fused-ring (bicyclic) bond motifs is 5. The number of aliphatic hydroxyl groups excluding tert-OH is 2. The molecule has 0 radical (unpaired) electrons. The zero-order valence-electron chi connectivity index (χ0n) is 36.6. The van der Waals surface area contributed by atoms with Gasteiger partial charge in [0.1, 0.15) is 23.9 Å². The summed E-state index contributed by atoms with van der Waals surface area (Å²) < 4.78 is 30.5. The predicted octanol–water partition coefficient (Wildman–Crippen LogP) is 4.46. The van der Waals surface area contributed by atoms with Gasteiger partial charge in [-0.15, -0.1) is 11.8 Å². The van der Waals surface area contributed by atoms with Crippen LogP contribution >= 0.6 is 11.8 Å². The van der Waals surface area contributed by atoms with Crippen LogP contribution in [0.1, 0.15) is 86.7 Å². The first kappa shape index (κ1) is 46.6. The molecule has 1 amide bonds. The van der Waals surface area contributed by atoms with E-state index in [1.165, 1.54) is 31.7 Å². The number of Topliss-reactive ketones (excluding diaryl/α,β-unsaturated/α-hetero) is 1. The van der Waals surface area contributed by atoms with Gasteiger partial charge in [0.25, 0.3) is 5.91 Å². The number of nitrogens with one attached hydrogen (secondary N) is 1. The lowest BCUT2D eigenvalue weighted by Gasteiger charge is -2.67. The van der Waals surface area contributed by atoms with Crippen molar-refractivity contribution in [3.8, 4) is 0 Å². The van der Waals surface area contributed by atoms with E-state index in [2.05, 4.69) is 5.32 Å². The number of rotatable bonds is 11. The van der Waals surface area contributed by atoms with Crippen LogP contribution in [0, 0.1) is 16.7 Å². The molecule has 0 aromatic heterocycles. The quantitative estimate of drug-likeness (QED) is 0.0904. The Morgan fingerprint density at radius 3 is 2.11 bits per heavy atom. The molecule has 11 atom stereocenters. The maximum absolute atomic E-state index is 15.6. The Balaban J connectivity index is 1.39. The van der Waals surface area contributed by atoms with Gasteiger partial charge < -0.3 is 44.3 Å². The summed E-state index contributed by atoms with van der Waals surface area (Å²) in [7, 11) is 0. The van der Waals surface area contributed by atoms with Gasteiger partial charge in [0, 0.05) is 42.6 Å². The van der Waals surface area contributed by atoms with Crippen LogP contribution < -0.4 is 5.32 Å². The summed E-state index contributed by atoms with van der Waals surface area (Å²) in [6.45, 7) is 8.00. The highest BCUT2D eigenvalue weighted by atomic mass is 32.2. The number of aliphatic hydroxyl groups is 3. The molecule has 3 fully saturated rings. The lowest BCUT2D eigenvalue weighted by molar-refractivity contribution is -0.346. The van der Waals surface area contributed by atoms with Gasteiger partial charge in [0.15, 0.2) is 23.6 Å². The molecule has 4 aliphatic rings. The summed E-state index contributed by atoms with van der Waals surface area (Å²) in [6.07, 6.45) is -8.74. The number of esters is 4. The number of ether oxygens (including phenoxy) is 5. The Morgan fingerprint density at radius 2 is 1.52 bits per heavy atom. The van der Waals surface area contributed by atoms with Crippen molar-refractivity contribution in [3.63, 3.8) is 0 Å². The third-order valence-electron chi connectivity index (χ3n) is 13.8. The Hall–Kier alpha value is -5.39. The van der Waals surface area contributed by atoms with E-state index in [1.54, 1.807) is 92.7 Å². The molecule has 16 heteroatoms.